The zero-order valence-corrected chi connectivity index (χ0v) is 15.6. The van der Waals surface area contributed by atoms with Crippen LogP contribution in [0.25, 0.3) is 21.5 Å². The van der Waals surface area contributed by atoms with Gasteiger partial charge in [-0.05, 0) is 48.9 Å². The van der Waals surface area contributed by atoms with Crippen molar-refractivity contribution in [3.63, 3.8) is 0 Å². The zero-order valence-electron chi connectivity index (χ0n) is 14.8. The Labute approximate surface area is 163 Å². The summed E-state index contributed by atoms with van der Waals surface area (Å²) in [6, 6.07) is 12.3. The second-order valence-electron chi connectivity index (χ2n) is 6.21. The van der Waals surface area contributed by atoms with Crippen molar-refractivity contribution in [2.45, 2.75) is 13.3 Å². The maximum Gasteiger partial charge on any atom is 0.336 e. The Morgan fingerprint density at radius 3 is 2.75 bits per heavy atom. The topological polar surface area (TPSA) is 69.4 Å². The van der Waals surface area contributed by atoms with Gasteiger partial charge >= 0.3 is 11.6 Å². The van der Waals surface area contributed by atoms with Gasteiger partial charge in [0.1, 0.15) is 22.2 Å². The van der Waals surface area contributed by atoms with Crippen LogP contribution in [-0.2, 0) is 11.2 Å². The van der Waals surface area contributed by atoms with Gasteiger partial charge in [0.05, 0.1) is 12.1 Å². The Kier molecular flexibility index (Phi) is 4.75. The van der Waals surface area contributed by atoms with E-state index in [2.05, 4.69) is 4.98 Å². The number of carbonyl (C=O) groups excluding carboxylic acids is 1. The molecule has 2 aromatic heterocycles. The summed E-state index contributed by atoms with van der Waals surface area (Å²) in [6.45, 7) is 1.81. The molecule has 0 N–H and O–H groups in total. The smallest absolute Gasteiger partial charge is 0.336 e. The van der Waals surface area contributed by atoms with Gasteiger partial charge in [-0.2, -0.15) is 0 Å². The lowest BCUT2D eigenvalue weighted by Gasteiger charge is -2.05. The van der Waals surface area contributed by atoms with Crippen LogP contribution in [0.3, 0.4) is 0 Å². The molecule has 4 aromatic rings. The lowest BCUT2D eigenvalue weighted by atomic mass is 10.1. The molecule has 0 amide bonds. The number of rotatable bonds is 4. The molecule has 28 heavy (non-hydrogen) atoms. The number of nitrogens with zero attached hydrogens (tertiary/aromatic N) is 1. The third-order valence-corrected chi connectivity index (χ3v) is 5.06. The number of hydrogen-bond acceptors (Lipinski definition) is 6. The average molecular weight is 395 g/mol. The highest BCUT2D eigenvalue weighted by atomic mass is 32.1. The van der Waals surface area contributed by atoms with Crippen LogP contribution in [0.15, 0.2) is 63.1 Å². The van der Waals surface area contributed by atoms with Gasteiger partial charge in [-0.25, -0.2) is 14.2 Å². The molecule has 0 radical (unpaired) electrons. The van der Waals surface area contributed by atoms with Gasteiger partial charge in [-0.15, -0.1) is 11.3 Å². The van der Waals surface area contributed by atoms with Gasteiger partial charge in [0, 0.05) is 28.5 Å². The molecule has 0 aliphatic carbocycles. The van der Waals surface area contributed by atoms with E-state index in [1.54, 1.807) is 29.6 Å². The Hall–Kier alpha value is -3.32. The molecule has 0 unspecified atom stereocenters. The fourth-order valence-corrected chi connectivity index (χ4v) is 3.62. The van der Waals surface area contributed by atoms with E-state index in [4.69, 9.17) is 9.15 Å². The number of esters is 1. The molecule has 2 aromatic carbocycles. The summed E-state index contributed by atoms with van der Waals surface area (Å²) in [5, 5.41) is 3.25. The molecule has 0 atom stereocenters. The molecule has 4 rings (SSSR count). The molecule has 0 fully saturated rings. The molecule has 140 valence electrons. The quantitative estimate of drug-likeness (QED) is 0.289. The number of thiazole rings is 1. The molecular formula is C21H14FNO4S. The molecule has 0 saturated heterocycles. The Morgan fingerprint density at radius 2 is 1.96 bits per heavy atom. The number of ether oxygens (including phenoxy) is 1. The Balaban J connectivity index is 1.48. The van der Waals surface area contributed by atoms with Crippen molar-refractivity contribution >= 4 is 28.3 Å². The number of benzene rings is 2. The Morgan fingerprint density at radius 1 is 1.18 bits per heavy atom. The van der Waals surface area contributed by atoms with E-state index in [1.807, 2.05) is 6.92 Å². The summed E-state index contributed by atoms with van der Waals surface area (Å²) in [4.78, 5) is 28.2. The summed E-state index contributed by atoms with van der Waals surface area (Å²) in [5.41, 5.74) is 2.05. The van der Waals surface area contributed by atoms with Gasteiger partial charge < -0.3 is 9.15 Å². The highest BCUT2D eigenvalue weighted by Gasteiger charge is 2.12. The minimum absolute atomic E-state index is 0.00645. The third kappa shape index (κ3) is 3.84. The van der Waals surface area contributed by atoms with Crippen LogP contribution in [0.4, 0.5) is 4.39 Å². The number of aryl methyl sites for hydroxylation is 1. The first-order chi connectivity index (χ1) is 13.5. The Bertz CT molecular complexity index is 1230. The number of fused-ring (bicyclic) bond motifs is 1. The van der Waals surface area contributed by atoms with E-state index in [0.29, 0.717) is 22.0 Å². The molecule has 5 nitrogen and oxygen atoms in total. The van der Waals surface area contributed by atoms with Crippen molar-refractivity contribution in [3.8, 4) is 16.3 Å². The first-order valence-corrected chi connectivity index (χ1v) is 9.31. The zero-order chi connectivity index (χ0) is 19.7. The number of hydrogen-bond donors (Lipinski definition) is 0. The lowest BCUT2D eigenvalue weighted by Crippen LogP contribution is -2.11. The van der Waals surface area contributed by atoms with Crippen molar-refractivity contribution in [1.29, 1.82) is 0 Å². The number of aromatic nitrogens is 1. The van der Waals surface area contributed by atoms with Crippen molar-refractivity contribution in [1.82, 2.24) is 4.98 Å². The molecule has 7 heteroatoms. The standard InChI is InChI=1S/C21H14FNO4S/c1-12-8-19(24)27-18-10-16(6-7-17(12)18)26-20(25)9-15-11-28-21(23-15)13-2-4-14(22)5-3-13/h2-8,10-11H,9H2,1H3. The van der Waals surface area contributed by atoms with Gasteiger partial charge in [0.25, 0.3) is 0 Å². The fraction of sp³-hybridized carbons (Fsp3) is 0.0952. The van der Waals surface area contributed by atoms with Gasteiger partial charge in [-0.1, -0.05) is 0 Å². The number of halogens is 1. The summed E-state index contributed by atoms with van der Waals surface area (Å²) in [7, 11) is 0. The maximum absolute atomic E-state index is 13.0. The predicted molar refractivity (Wildman–Crippen MR) is 104 cm³/mol. The van der Waals surface area contributed by atoms with Crippen LogP contribution < -0.4 is 10.4 Å². The van der Waals surface area contributed by atoms with Crippen LogP contribution in [0.1, 0.15) is 11.3 Å². The van der Waals surface area contributed by atoms with Crippen LogP contribution in [0, 0.1) is 12.7 Å². The second kappa shape index (κ2) is 7.36. The van der Waals surface area contributed by atoms with Crippen molar-refractivity contribution in [2.75, 3.05) is 0 Å². The van der Waals surface area contributed by atoms with E-state index >= 15 is 0 Å². The van der Waals surface area contributed by atoms with Crippen molar-refractivity contribution < 1.29 is 18.3 Å². The average Bonchev–Trinajstić information content (AvgIpc) is 3.10. The molecule has 0 aliphatic heterocycles. The van der Waals surface area contributed by atoms with Gasteiger partial charge in [0.2, 0.25) is 0 Å². The minimum atomic E-state index is -0.481. The van der Waals surface area contributed by atoms with E-state index in [1.165, 1.54) is 35.6 Å². The molecule has 0 aliphatic rings. The monoisotopic (exact) mass is 395 g/mol. The van der Waals surface area contributed by atoms with E-state index in [9.17, 15) is 14.0 Å². The van der Waals surface area contributed by atoms with E-state index < -0.39 is 11.6 Å². The van der Waals surface area contributed by atoms with Crippen LogP contribution >= 0.6 is 11.3 Å². The highest BCUT2D eigenvalue weighted by Crippen LogP contribution is 2.25. The van der Waals surface area contributed by atoms with E-state index in [0.717, 1.165) is 16.5 Å². The number of carbonyl (C=O) groups is 1. The first-order valence-electron chi connectivity index (χ1n) is 8.43. The van der Waals surface area contributed by atoms with E-state index in [-0.39, 0.29) is 12.2 Å². The van der Waals surface area contributed by atoms with Crippen LogP contribution in [-0.4, -0.2) is 11.0 Å². The van der Waals surface area contributed by atoms with Crippen LogP contribution in [0.5, 0.6) is 5.75 Å². The third-order valence-electron chi connectivity index (χ3n) is 4.12. The van der Waals surface area contributed by atoms with Crippen molar-refractivity contribution in [3.05, 3.63) is 81.4 Å². The highest BCUT2D eigenvalue weighted by molar-refractivity contribution is 7.13. The SMILES string of the molecule is Cc1cc(=O)oc2cc(OC(=O)Cc3csc(-c4ccc(F)cc4)n3)ccc12. The molecule has 2 heterocycles. The second-order valence-corrected chi connectivity index (χ2v) is 7.07. The first kappa shape index (κ1) is 18.1. The normalized spacial score (nSPS) is 10.9. The molecule has 0 saturated carbocycles. The fourth-order valence-electron chi connectivity index (χ4n) is 2.80. The minimum Gasteiger partial charge on any atom is -0.426 e. The van der Waals surface area contributed by atoms with Gasteiger partial charge in [0.15, 0.2) is 0 Å². The predicted octanol–water partition coefficient (Wildman–Crippen LogP) is 4.51. The maximum atomic E-state index is 13.0. The molecule has 0 bridgehead atoms. The largest absolute Gasteiger partial charge is 0.426 e. The summed E-state index contributed by atoms with van der Waals surface area (Å²) in [5.74, 6) is -0.504. The summed E-state index contributed by atoms with van der Waals surface area (Å²) >= 11 is 1.37. The lowest BCUT2D eigenvalue weighted by molar-refractivity contribution is -0.133. The van der Waals surface area contributed by atoms with Crippen LogP contribution in [0.2, 0.25) is 0 Å². The summed E-state index contributed by atoms with van der Waals surface area (Å²) < 4.78 is 23.5. The summed E-state index contributed by atoms with van der Waals surface area (Å²) in [6.07, 6.45) is -0.00645. The molecular weight excluding hydrogens is 381 g/mol. The van der Waals surface area contributed by atoms with Crippen molar-refractivity contribution in [2.24, 2.45) is 0 Å². The molecule has 0 spiro atoms. The van der Waals surface area contributed by atoms with Gasteiger partial charge in [-0.3, -0.25) is 4.79 Å².